The molecule has 0 aliphatic rings. The third kappa shape index (κ3) is 3.61. The molecule has 110 valence electrons. The van der Waals surface area contributed by atoms with Crippen LogP contribution in [0.4, 0.5) is 0 Å². The van der Waals surface area contributed by atoms with Crippen LogP contribution in [0.25, 0.3) is 0 Å². The first kappa shape index (κ1) is 15.1. The number of aliphatic carboxylic acids is 1. The van der Waals surface area contributed by atoms with Gasteiger partial charge in [-0.05, 0) is 25.0 Å². The molecule has 0 bridgehead atoms. The van der Waals surface area contributed by atoms with Gasteiger partial charge in [-0.2, -0.15) is 0 Å². The number of rotatable bonds is 5. The molecule has 1 unspecified atom stereocenters. The zero-order chi connectivity index (χ0) is 15.4. The Bertz CT molecular complexity index is 638. The summed E-state index contributed by atoms with van der Waals surface area (Å²) in [5, 5.41) is 22.6. The van der Waals surface area contributed by atoms with Gasteiger partial charge in [-0.25, -0.2) is 0 Å². The highest BCUT2D eigenvalue weighted by molar-refractivity contribution is 5.77. The lowest BCUT2D eigenvalue weighted by atomic mass is 9.99. The van der Waals surface area contributed by atoms with Crippen molar-refractivity contribution in [2.24, 2.45) is 0 Å². The third-order valence-corrected chi connectivity index (χ3v) is 3.39. The second kappa shape index (κ2) is 6.41. The predicted octanol–water partition coefficient (Wildman–Crippen LogP) is 2.92. The number of aryl methyl sites for hydroxylation is 2. The molecule has 0 heterocycles. The lowest BCUT2D eigenvalue weighted by Crippen LogP contribution is -2.28. The number of nitrogens with one attached hydrogen (secondary N) is 1. The van der Waals surface area contributed by atoms with Crippen LogP contribution in [0.2, 0.25) is 0 Å². The summed E-state index contributed by atoms with van der Waals surface area (Å²) in [6.45, 7) is 4.07. The predicted molar refractivity (Wildman–Crippen MR) is 81.2 cm³/mol. The van der Waals surface area contributed by atoms with E-state index in [1.807, 2.05) is 43.3 Å². The summed E-state index contributed by atoms with van der Waals surface area (Å²) in [5.74, 6) is -0.972. The number of carbonyl (C=O) groups is 1. The van der Waals surface area contributed by atoms with Crippen LogP contribution in [0.3, 0.4) is 0 Å². The fraction of sp³-hybridized carbons (Fsp3) is 0.235. The van der Waals surface area contributed by atoms with E-state index in [2.05, 4.69) is 5.32 Å². The molecular weight excluding hydrogens is 266 g/mol. The van der Waals surface area contributed by atoms with Crippen molar-refractivity contribution in [2.75, 3.05) is 0 Å². The first-order valence-corrected chi connectivity index (χ1v) is 6.79. The summed E-state index contributed by atoms with van der Waals surface area (Å²) in [4.78, 5) is 11.5. The van der Waals surface area contributed by atoms with E-state index < -0.39 is 12.0 Å². The van der Waals surface area contributed by atoms with Crippen molar-refractivity contribution in [3.05, 3.63) is 64.7 Å². The molecule has 3 N–H and O–H groups in total. The van der Waals surface area contributed by atoms with Gasteiger partial charge in [0.05, 0.1) is 0 Å². The molecule has 0 aromatic heterocycles. The molecular formula is C17H19NO3. The Balaban J connectivity index is 2.26. The van der Waals surface area contributed by atoms with Crippen LogP contribution < -0.4 is 5.32 Å². The average Bonchev–Trinajstić information content (AvgIpc) is 2.45. The topological polar surface area (TPSA) is 69.6 Å². The first-order chi connectivity index (χ1) is 9.99. The summed E-state index contributed by atoms with van der Waals surface area (Å²) in [6, 6.07) is 12.2. The molecule has 0 aliphatic heterocycles. The van der Waals surface area contributed by atoms with E-state index in [0.717, 1.165) is 11.1 Å². The SMILES string of the molecule is Cc1cc(C)c(O)c(C(NCc2ccccc2)C(=O)O)c1. The average molecular weight is 285 g/mol. The Morgan fingerprint density at radius 1 is 1.19 bits per heavy atom. The highest BCUT2D eigenvalue weighted by Gasteiger charge is 2.23. The van der Waals surface area contributed by atoms with E-state index in [4.69, 9.17) is 0 Å². The number of carboxylic acids is 1. The lowest BCUT2D eigenvalue weighted by Gasteiger charge is -2.18. The van der Waals surface area contributed by atoms with Crippen LogP contribution in [0.15, 0.2) is 42.5 Å². The van der Waals surface area contributed by atoms with Gasteiger partial charge in [-0.3, -0.25) is 10.1 Å². The summed E-state index contributed by atoms with van der Waals surface area (Å²) >= 11 is 0. The molecule has 4 nitrogen and oxygen atoms in total. The van der Waals surface area contributed by atoms with Gasteiger partial charge in [0, 0.05) is 12.1 Å². The van der Waals surface area contributed by atoms with Crippen molar-refractivity contribution in [3.63, 3.8) is 0 Å². The molecule has 2 aromatic rings. The van der Waals surface area contributed by atoms with E-state index in [1.54, 1.807) is 13.0 Å². The molecule has 0 saturated heterocycles. The fourth-order valence-electron chi connectivity index (χ4n) is 2.36. The van der Waals surface area contributed by atoms with Gasteiger partial charge in [0.2, 0.25) is 0 Å². The molecule has 4 heteroatoms. The maximum Gasteiger partial charge on any atom is 0.325 e. The van der Waals surface area contributed by atoms with Gasteiger partial charge in [0.1, 0.15) is 11.8 Å². The smallest absolute Gasteiger partial charge is 0.325 e. The lowest BCUT2D eigenvalue weighted by molar-refractivity contribution is -0.139. The molecule has 0 amide bonds. The van der Waals surface area contributed by atoms with Crippen molar-refractivity contribution in [2.45, 2.75) is 26.4 Å². The molecule has 0 radical (unpaired) electrons. The minimum atomic E-state index is -1.01. The molecule has 0 saturated carbocycles. The van der Waals surface area contributed by atoms with Crippen LogP contribution in [-0.2, 0) is 11.3 Å². The molecule has 0 aliphatic carbocycles. The van der Waals surface area contributed by atoms with E-state index in [9.17, 15) is 15.0 Å². The van der Waals surface area contributed by atoms with Crippen LogP contribution in [0.1, 0.15) is 28.3 Å². The van der Waals surface area contributed by atoms with Crippen LogP contribution in [0.5, 0.6) is 5.75 Å². The van der Waals surface area contributed by atoms with Gasteiger partial charge in [-0.15, -0.1) is 0 Å². The van der Waals surface area contributed by atoms with Crippen molar-refractivity contribution in [1.82, 2.24) is 5.32 Å². The highest BCUT2D eigenvalue weighted by Crippen LogP contribution is 2.29. The number of hydrogen-bond acceptors (Lipinski definition) is 3. The minimum absolute atomic E-state index is 0.0357. The van der Waals surface area contributed by atoms with Gasteiger partial charge in [-0.1, -0.05) is 48.0 Å². The quantitative estimate of drug-likeness (QED) is 0.790. The number of carboxylic acid groups (broad SMARTS) is 1. The Morgan fingerprint density at radius 2 is 1.86 bits per heavy atom. The van der Waals surface area contributed by atoms with Crippen molar-refractivity contribution < 1.29 is 15.0 Å². The number of phenols is 1. The summed E-state index contributed by atoms with van der Waals surface area (Å²) in [7, 11) is 0. The molecule has 1 atom stereocenters. The van der Waals surface area contributed by atoms with Crippen LogP contribution >= 0.6 is 0 Å². The van der Waals surface area contributed by atoms with Crippen molar-refractivity contribution >= 4 is 5.97 Å². The molecule has 0 spiro atoms. The second-order valence-corrected chi connectivity index (χ2v) is 5.16. The van der Waals surface area contributed by atoms with Crippen molar-refractivity contribution in [1.29, 1.82) is 0 Å². The highest BCUT2D eigenvalue weighted by atomic mass is 16.4. The van der Waals surface area contributed by atoms with Crippen LogP contribution in [-0.4, -0.2) is 16.2 Å². The Kier molecular flexibility index (Phi) is 4.60. The maximum absolute atomic E-state index is 11.5. The number of hydrogen-bond donors (Lipinski definition) is 3. The minimum Gasteiger partial charge on any atom is -0.507 e. The third-order valence-electron chi connectivity index (χ3n) is 3.39. The van der Waals surface area contributed by atoms with E-state index in [-0.39, 0.29) is 5.75 Å². The molecule has 0 fully saturated rings. The van der Waals surface area contributed by atoms with Crippen LogP contribution in [0, 0.1) is 13.8 Å². The van der Waals surface area contributed by atoms with E-state index in [1.165, 1.54) is 0 Å². The Morgan fingerprint density at radius 3 is 2.48 bits per heavy atom. The zero-order valence-electron chi connectivity index (χ0n) is 12.1. The largest absolute Gasteiger partial charge is 0.507 e. The van der Waals surface area contributed by atoms with E-state index in [0.29, 0.717) is 17.7 Å². The fourth-order valence-corrected chi connectivity index (χ4v) is 2.36. The second-order valence-electron chi connectivity index (χ2n) is 5.16. The molecule has 21 heavy (non-hydrogen) atoms. The molecule has 2 rings (SSSR count). The van der Waals surface area contributed by atoms with Gasteiger partial charge in [0.25, 0.3) is 0 Å². The number of benzene rings is 2. The van der Waals surface area contributed by atoms with Gasteiger partial charge >= 0.3 is 5.97 Å². The zero-order valence-corrected chi connectivity index (χ0v) is 12.1. The number of phenolic OH excluding ortho intramolecular Hbond substituents is 1. The Hall–Kier alpha value is -2.33. The van der Waals surface area contributed by atoms with Gasteiger partial charge < -0.3 is 10.2 Å². The van der Waals surface area contributed by atoms with E-state index >= 15 is 0 Å². The first-order valence-electron chi connectivity index (χ1n) is 6.79. The summed E-state index contributed by atoms with van der Waals surface area (Å²) in [5.41, 5.74) is 2.99. The molecule has 2 aromatic carbocycles. The number of aromatic hydroxyl groups is 1. The normalized spacial score (nSPS) is 12.1. The monoisotopic (exact) mass is 285 g/mol. The standard InChI is InChI=1S/C17H19NO3/c1-11-8-12(2)16(19)14(9-11)15(17(20)21)18-10-13-6-4-3-5-7-13/h3-9,15,18-19H,10H2,1-2H3,(H,20,21). The Labute approximate surface area is 124 Å². The van der Waals surface area contributed by atoms with Gasteiger partial charge in [0.15, 0.2) is 0 Å². The summed E-state index contributed by atoms with van der Waals surface area (Å²) < 4.78 is 0. The maximum atomic E-state index is 11.5. The summed E-state index contributed by atoms with van der Waals surface area (Å²) in [6.07, 6.45) is 0. The van der Waals surface area contributed by atoms with Crippen molar-refractivity contribution in [3.8, 4) is 5.75 Å².